The highest BCUT2D eigenvalue weighted by molar-refractivity contribution is 6.00. The molecule has 0 heterocycles. The normalized spacial score (nSPS) is 10.7. The maximum Gasteiger partial charge on any atom is 0.332 e. The van der Waals surface area contributed by atoms with E-state index in [-0.39, 0.29) is 13.2 Å². The molecule has 0 unspecified atom stereocenters. The van der Waals surface area contributed by atoms with Crippen molar-refractivity contribution in [3.05, 3.63) is 12.2 Å². The summed E-state index contributed by atoms with van der Waals surface area (Å²) in [4.78, 5) is 46.4. The summed E-state index contributed by atoms with van der Waals surface area (Å²) >= 11 is 0. The van der Waals surface area contributed by atoms with Gasteiger partial charge in [-0.3, -0.25) is 14.4 Å². The minimum absolute atomic E-state index is 0.0639. The SMILES string of the molecule is C=C(C(=O)O)C(CC(=O)OCCC)(CC(=O)OCCC)C(=O)O. The van der Waals surface area contributed by atoms with Crippen molar-refractivity contribution < 1.29 is 38.9 Å². The van der Waals surface area contributed by atoms with Crippen molar-refractivity contribution >= 4 is 23.9 Å². The molecule has 130 valence electrons. The number of hydrogen-bond acceptors (Lipinski definition) is 6. The van der Waals surface area contributed by atoms with E-state index in [9.17, 15) is 24.3 Å². The van der Waals surface area contributed by atoms with Gasteiger partial charge in [0.2, 0.25) is 0 Å². The highest BCUT2D eigenvalue weighted by Gasteiger charge is 2.48. The zero-order valence-corrected chi connectivity index (χ0v) is 13.3. The van der Waals surface area contributed by atoms with Gasteiger partial charge < -0.3 is 19.7 Å². The van der Waals surface area contributed by atoms with Gasteiger partial charge in [-0.15, -0.1) is 0 Å². The van der Waals surface area contributed by atoms with Crippen molar-refractivity contribution in [1.82, 2.24) is 0 Å². The summed E-state index contributed by atoms with van der Waals surface area (Å²) in [5.74, 6) is -5.09. The molecule has 0 aliphatic carbocycles. The predicted octanol–water partition coefficient (Wildman–Crippen LogP) is 1.38. The fourth-order valence-electron chi connectivity index (χ4n) is 1.79. The zero-order chi connectivity index (χ0) is 18.0. The van der Waals surface area contributed by atoms with Crippen LogP contribution in [0, 0.1) is 5.41 Å². The molecule has 0 aliphatic heterocycles. The lowest BCUT2D eigenvalue weighted by molar-refractivity contribution is -0.162. The fraction of sp³-hybridized carbons (Fsp3) is 0.600. The summed E-state index contributed by atoms with van der Waals surface area (Å²) in [7, 11) is 0. The molecule has 8 heteroatoms. The van der Waals surface area contributed by atoms with Crippen LogP contribution in [0.2, 0.25) is 0 Å². The van der Waals surface area contributed by atoms with Gasteiger partial charge >= 0.3 is 23.9 Å². The van der Waals surface area contributed by atoms with Crippen LogP contribution in [0.25, 0.3) is 0 Å². The van der Waals surface area contributed by atoms with Gasteiger partial charge in [-0.2, -0.15) is 0 Å². The molecule has 0 atom stereocenters. The van der Waals surface area contributed by atoms with E-state index in [4.69, 9.17) is 14.6 Å². The zero-order valence-electron chi connectivity index (χ0n) is 13.3. The third kappa shape index (κ3) is 6.09. The molecule has 0 saturated heterocycles. The number of hydrogen-bond donors (Lipinski definition) is 2. The van der Waals surface area contributed by atoms with E-state index in [0.29, 0.717) is 12.8 Å². The predicted molar refractivity (Wildman–Crippen MR) is 78.6 cm³/mol. The summed E-state index contributed by atoms with van der Waals surface area (Å²) in [5.41, 5.74) is -3.08. The average molecular weight is 330 g/mol. The molecule has 0 bridgehead atoms. The molecule has 0 aliphatic rings. The Hall–Kier alpha value is -2.38. The lowest BCUT2D eigenvalue weighted by atomic mass is 9.75. The minimum atomic E-state index is -2.30. The Morgan fingerprint density at radius 2 is 1.30 bits per heavy atom. The van der Waals surface area contributed by atoms with Gasteiger partial charge in [0.15, 0.2) is 0 Å². The molecule has 8 nitrogen and oxygen atoms in total. The van der Waals surface area contributed by atoms with Crippen molar-refractivity contribution in [2.24, 2.45) is 5.41 Å². The van der Waals surface area contributed by atoms with Gasteiger partial charge in [-0.25, -0.2) is 4.79 Å². The smallest absolute Gasteiger partial charge is 0.332 e. The standard InChI is InChI=1S/C15H22O8/c1-4-6-22-11(16)8-15(14(20)21,10(3)13(18)19)9-12(17)23-7-5-2/h3-9H2,1-2H3,(H,18,19)(H,20,21). The molecule has 0 aromatic rings. The molecule has 0 amide bonds. The molecule has 0 aromatic heterocycles. The maximum atomic E-state index is 11.8. The van der Waals surface area contributed by atoms with Crippen LogP contribution in [0.15, 0.2) is 12.2 Å². The van der Waals surface area contributed by atoms with Crippen LogP contribution >= 0.6 is 0 Å². The first-order chi connectivity index (χ1) is 10.7. The lowest BCUT2D eigenvalue weighted by Gasteiger charge is -2.27. The Kier molecular flexibility index (Phi) is 8.61. The molecule has 0 aromatic carbocycles. The number of carbonyl (C=O) groups excluding carboxylic acids is 2. The quantitative estimate of drug-likeness (QED) is 0.429. The van der Waals surface area contributed by atoms with Crippen LogP contribution in [0.1, 0.15) is 39.5 Å². The van der Waals surface area contributed by atoms with Gasteiger partial charge in [0.05, 0.1) is 26.1 Å². The van der Waals surface area contributed by atoms with Crippen molar-refractivity contribution in [3.63, 3.8) is 0 Å². The van der Waals surface area contributed by atoms with E-state index in [1.807, 2.05) is 0 Å². The number of esters is 2. The van der Waals surface area contributed by atoms with Crippen LogP contribution in [0.5, 0.6) is 0 Å². The van der Waals surface area contributed by atoms with Crippen LogP contribution < -0.4 is 0 Å². The van der Waals surface area contributed by atoms with Crippen LogP contribution in [-0.4, -0.2) is 47.3 Å². The molecule has 23 heavy (non-hydrogen) atoms. The van der Waals surface area contributed by atoms with E-state index in [1.165, 1.54) is 0 Å². The molecular weight excluding hydrogens is 308 g/mol. The van der Waals surface area contributed by atoms with E-state index >= 15 is 0 Å². The maximum absolute atomic E-state index is 11.8. The summed E-state index contributed by atoms with van der Waals surface area (Å²) in [6.07, 6.45) is -0.585. The molecule has 0 fully saturated rings. The van der Waals surface area contributed by atoms with Crippen LogP contribution in [0.3, 0.4) is 0 Å². The molecular formula is C15H22O8. The second-order valence-electron chi connectivity index (χ2n) is 4.97. The second-order valence-corrected chi connectivity index (χ2v) is 4.97. The van der Waals surface area contributed by atoms with E-state index in [0.717, 1.165) is 0 Å². The van der Waals surface area contributed by atoms with Gasteiger partial charge in [0, 0.05) is 5.57 Å². The number of carboxylic acids is 2. The van der Waals surface area contributed by atoms with Gasteiger partial charge in [-0.05, 0) is 12.8 Å². The third-order valence-electron chi connectivity index (χ3n) is 3.07. The lowest BCUT2D eigenvalue weighted by Crippen LogP contribution is -2.40. The molecule has 2 N–H and O–H groups in total. The van der Waals surface area contributed by atoms with Crippen molar-refractivity contribution in [2.45, 2.75) is 39.5 Å². The summed E-state index contributed by atoms with van der Waals surface area (Å²) in [6.45, 7) is 6.84. The van der Waals surface area contributed by atoms with Gasteiger partial charge in [0.1, 0.15) is 5.41 Å². The molecule has 0 radical (unpaired) electrons. The largest absolute Gasteiger partial charge is 0.481 e. The minimum Gasteiger partial charge on any atom is -0.481 e. The first kappa shape index (κ1) is 20.6. The van der Waals surface area contributed by atoms with Gasteiger partial charge in [-0.1, -0.05) is 20.4 Å². The third-order valence-corrected chi connectivity index (χ3v) is 3.07. The van der Waals surface area contributed by atoms with Crippen molar-refractivity contribution in [3.8, 4) is 0 Å². The highest BCUT2D eigenvalue weighted by Crippen LogP contribution is 2.36. The van der Waals surface area contributed by atoms with Crippen molar-refractivity contribution in [2.75, 3.05) is 13.2 Å². The summed E-state index contributed by atoms with van der Waals surface area (Å²) in [5, 5.41) is 18.5. The van der Waals surface area contributed by atoms with Crippen molar-refractivity contribution in [1.29, 1.82) is 0 Å². The Labute approximate surface area is 134 Å². The molecule has 0 rings (SSSR count). The monoisotopic (exact) mass is 330 g/mol. The Morgan fingerprint density at radius 1 is 0.913 bits per heavy atom. The highest BCUT2D eigenvalue weighted by atomic mass is 16.5. The van der Waals surface area contributed by atoms with E-state index in [2.05, 4.69) is 6.58 Å². The summed E-state index contributed by atoms with van der Waals surface area (Å²) in [6, 6.07) is 0. The Bertz CT molecular complexity index is 458. The topological polar surface area (TPSA) is 127 Å². The molecule has 0 saturated carbocycles. The Morgan fingerprint density at radius 3 is 1.57 bits per heavy atom. The number of ether oxygens (including phenoxy) is 2. The number of aliphatic carboxylic acids is 2. The Balaban J connectivity index is 5.48. The van der Waals surface area contributed by atoms with E-state index in [1.54, 1.807) is 13.8 Å². The number of carbonyl (C=O) groups is 4. The molecule has 0 spiro atoms. The fourth-order valence-corrected chi connectivity index (χ4v) is 1.79. The first-order valence-corrected chi connectivity index (χ1v) is 7.18. The summed E-state index contributed by atoms with van der Waals surface area (Å²) < 4.78 is 9.60. The van der Waals surface area contributed by atoms with Gasteiger partial charge in [0.25, 0.3) is 0 Å². The van der Waals surface area contributed by atoms with Crippen LogP contribution in [0.4, 0.5) is 0 Å². The van der Waals surface area contributed by atoms with E-state index < -0.39 is 47.7 Å². The second kappa shape index (κ2) is 9.60. The van der Waals surface area contributed by atoms with Crippen LogP contribution in [-0.2, 0) is 28.7 Å². The number of carboxylic acid groups (broad SMARTS) is 2. The average Bonchev–Trinajstić information content (AvgIpc) is 2.48. The number of rotatable bonds is 11. The first-order valence-electron chi connectivity index (χ1n) is 7.18.